The van der Waals surface area contributed by atoms with E-state index < -0.39 is 0 Å². The Morgan fingerprint density at radius 3 is 2.48 bits per heavy atom. The summed E-state index contributed by atoms with van der Waals surface area (Å²) in [7, 11) is 3.46. The van der Waals surface area contributed by atoms with E-state index in [1.807, 2.05) is 0 Å². The number of thiazole rings is 1. The normalized spacial score (nSPS) is 15.2. The number of piperazine rings is 1. The van der Waals surface area contributed by atoms with Crippen molar-refractivity contribution in [1.82, 2.24) is 19.7 Å². The van der Waals surface area contributed by atoms with Crippen LogP contribution < -0.4 is 5.73 Å². The lowest BCUT2D eigenvalue weighted by Crippen LogP contribution is -2.52. The summed E-state index contributed by atoms with van der Waals surface area (Å²) in [5, 5.41) is 2.67. The van der Waals surface area contributed by atoms with Crippen LogP contribution in [-0.4, -0.2) is 78.4 Å². The van der Waals surface area contributed by atoms with E-state index in [0.29, 0.717) is 44.8 Å². The van der Waals surface area contributed by atoms with Gasteiger partial charge in [0.15, 0.2) is 0 Å². The molecule has 7 nitrogen and oxygen atoms in total. The van der Waals surface area contributed by atoms with Gasteiger partial charge >= 0.3 is 6.03 Å². The van der Waals surface area contributed by atoms with Crippen LogP contribution in [0.15, 0.2) is 5.38 Å². The Labute approximate surface area is 128 Å². The number of hydrogen-bond acceptors (Lipinski definition) is 5. The monoisotopic (exact) mass is 311 g/mol. The van der Waals surface area contributed by atoms with E-state index in [4.69, 9.17) is 5.73 Å². The number of hydrogen-bond donors (Lipinski definition) is 1. The van der Waals surface area contributed by atoms with Crippen LogP contribution in [0.4, 0.5) is 4.79 Å². The highest BCUT2D eigenvalue weighted by molar-refractivity contribution is 7.09. The van der Waals surface area contributed by atoms with E-state index in [1.165, 1.54) is 11.3 Å². The molecular weight excluding hydrogens is 290 g/mol. The Morgan fingerprint density at radius 1 is 1.29 bits per heavy atom. The van der Waals surface area contributed by atoms with Gasteiger partial charge in [-0.15, -0.1) is 11.3 Å². The SMILES string of the molecule is CN(C)C(=O)N1CCN(C(=O)c2csc(CCN)n2)CC1. The summed E-state index contributed by atoms with van der Waals surface area (Å²) in [6.07, 6.45) is 0.697. The van der Waals surface area contributed by atoms with Crippen molar-refractivity contribution in [3.63, 3.8) is 0 Å². The standard InChI is InChI=1S/C13H21N5O2S/c1-16(2)13(20)18-7-5-17(6-8-18)12(19)10-9-21-11(15-10)3-4-14/h9H,3-8,14H2,1-2H3. The number of aromatic nitrogens is 1. The van der Waals surface area contributed by atoms with Crippen LogP contribution in [0.2, 0.25) is 0 Å². The smallest absolute Gasteiger partial charge is 0.319 e. The van der Waals surface area contributed by atoms with Gasteiger partial charge in [-0.1, -0.05) is 0 Å². The molecule has 2 rings (SSSR count). The molecule has 1 aliphatic heterocycles. The maximum absolute atomic E-state index is 12.4. The molecule has 1 aromatic heterocycles. The molecule has 0 bridgehead atoms. The molecule has 1 aromatic rings. The van der Waals surface area contributed by atoms with Crippen LogP contribution in [0, 0.1) is 0 Å². The van der Waals surface area contributed by atoms with Gasteiger partial charge in [-0.25, -0.2) is 9.78 Å². The first kappa shape index (κ1) is 15.7. The van der Waals surface area contributed by atoms with Crippen molar-refractivity contribution in [1.29, 1.82) is 0 Å². The second-order valence-electron chi connectivity index (χ2n) is 5.12. The second-order valence-corrected chi connectivity index (χ2v) is 6.06. The molecule has 0 saturated carbocycles. The van der Waals surface area contributed by atoms with Gasteiger partial charge in [-0.3, -0.25) is 4.79 Å². The first-order valence-corrected chi connectivity index (χ1v) is 7.81. The first-order chi connectivity index (χ1) is 10.0. The molecule has 1 fully saturated rings. The van der Waals surface area contributed by atoms with Crippen molar-refractivity contribution >= 4 is 23.3 Å². The number of rotatable bonds is 3. The van der Waals surface area contributed by atoms with Crippen molar-refractivity contribution < 1.29 is 9.59 Å². The van der Waals surface area contributed by atoms with Crippen molar-refractivity contribution in [2.45, 2.75) is 6.42 Å². The highest BCUT2D eigenvalue weighted by Crippen LogP contribution is 2.14. The largest absolute Gasteiger partial charge is 0.334 e. The maximum atomic E-state index is 12.4. The average Bonchev–Trinajstić information content (AvgIpc) is 2.95. The van der Waals surface area contributed by atoms with Crippen LogP contribution in [0.25, 0.3) is 0 Å². The van der Waals surface area contributed by atoms with E-state index in [0.717, 1.165) is 5.01 Å². The molecule has 8 heteroatoms. The lowest BCUT2D eigenvalue weighted by Gasteiger charge is -2.35. The molecule has 0 aromatic carbocycles. The third kappa shape index (κ3) is 3.70. The predicted molar refractivity (Wildman–Crippen MR) is 81.4 cm³/mol. The summed E-state index contributed by atoms with van der Waals surface area (Å²) >= 11 is 1.47. The van der Waals surface area contributed by atoms with Gasteiger partial charge in [-0.05, 0) is 6.54 Å². The Balaban J connectivity index is 1.92. The topological polar surface area (TPSA) is 82.8 Å². The summed E-state index contributed by atoms with van der Waals surface area (Å²) in [5.74, 6) is -0.0635. The van der Waals surface area contributed by atoms with Crippen LogP contribution in [0.5, 0.6) is 0 Å². The summed E-state index contributed by atoms with van der Waals surface area (Å²) in [6.45, 7) is 2.74. The Hall–Kier alpha value is -1.67. The molecule has 1 saturated heterocycles. The van der Waals surface area contributed by atoms with E-state index in [1.54, 1.807) is 34.2 Å². The third-order valence-electron chi connectivity index (χ3n) is 3.35. The molecule has 116 valence electrons. The molecule has 0 spiro atoms. The van der Waals surface area contributed by atoms with Gasteiger partial charge < -0.3 is 20.4 Å². The maximum Gasteiger partial charge on any atom is 0.319 e. The van der Waals surface area contributed by atoms with Crippen LogP contribution >= 0.6 is 11.3 Å². The van der Waals surface area contributed by atoms with Crippen LogP contribution in [0.3, 0.4) is 0 Å². The highest BCUT2D eigenvalue weighted by Gasteiger charge is 2.26. The minimum Gasteiger partial charge on any atom is -0.334 e. The van der Waals surface area contributed by atoms with Crippen molar-refractivity contribution in [2.75, 3.05) is 46.8 Å². The fourth-order valence-electron chi connectivity index (χ4n) is 2.19. The molecule has 0 aliphatic carbocycles. The second kappa shape index (κ2) is 6.86. The van der Waals surface area contributed by atoms with Gasteiger partial charge in [-0.2, -0.15) is 0 Å². The van der Waals surface area contributed by atoms with Gasteiger partial charge in [0.2, 0.25) is 0 Å². The van der Waals surface area contributed by atoms with Crippen molar-refractivity contribution in [3.05, 3.63) is 16.1 Å². The number of carbonyl (C=O) groups is 2. The van der Waals surface area contributed by atoms with Gasteiger partial charge in [0, 0.05) is 52.1 Å². The first-order valence-electron chi connectivity index (χ1n) is 6.93. The van der Waals surface area contributed by atoms with Crippen molar-refractivity contribution in [2.24, 2.45) is 5.73 Å². The summed E-state index contributed by atoms with van der Waals surface area (Å²) in [6, 6.07) is -0.0130. The van der Waals surface area contributed by atoms with Crippen LogP contribution in [0.1, 0.15) is 15.5 Å². The highest BCUT2D eigenvalue weighted by atomic mass is 32.1. The average molecular weight is 311 g/mol. The number of nitrogens with zero attached hydrogens (tertiary/aromatic N) is 4. The zero-order valence-corrected chi connectivity index (χ0v) is 13.2. The quantitative estimate of drug-likeness (QED) is 0.857. The molecule has 3 amide bonds. The number of urea groups is 1. The molecule has 0 atom stereocenters. The lowest BCUT2D eigenvalue weighted by atomic mass is 10.3. The van der Waals surface area contributed by atoms with E-state index >= 15 is 0 Å². The Kier molecular flexibility index (Phi) is 5.13. The molecule has 1 aliphatic rings. The lowest BCUT2D eigenvalue weighted by molar-refractivity contribution is 0.0645. The summed E-state index contributed by atoms with van der Waals surface area (Å²) in [4.78, 5) is 33.6. The van der Waals surface area contributed by atoms with E-state index in [-0.39, 0.29) is 11.9 Å². The third-order valence-corrected chi connectivity index (χ3v) is 4.26. The molecule has 0 unspecified atom stereocenters. The molecule has 2 heterocycles. The predicted octanol–water partition coefficient (Wildman–Crippen LogP) is 0.0837. The number of amides is 3. The summed E-state index contributed by atoms with van der Waals surface area (Å²) < 4.78 is 0. The van der Waals surface area contributed by atoms with E-state index in [2.05, 4.69) is 4.98 Å². The van der Waals surface area contributed by atoms with Gasteiger partial charge in [0.1, 0.15) is 5.69 Å². The molecule has 2 N–H and O–H groups in total. The molecular formula is C13H21N5O2S. The number of carbonyl (C=O) groups excluding carboxylic acids is 2. The summed E-state index contributed by atoms with van der Waals surface area (Å²) in [5.41, 5.74) is 5.97. The van der Waals surface area contributed by atoms with Gasteiger partial charge in [0.25, 0.3) is 5.91 Å². The zero-order valence-electron chi connectivity index (χ0n) is 12.4. The fraction of sp³-hybridized carbons (Fsp3) is 0.615. The van der Waals surface area contributed by atoms with Crippen LogP contribution in [-0.2, 0) is 6.42 Å². The minimum absolute atomic E-state index is 0.0130. The van der Waals surface area contributed by atoms with Crippen molar-refractivity contribution in [3.8, 4) is 0 Å². The molecule has 0 radical (unpaired) electrons. The fourth-order valence-corrected chi connectivity index (χ4v) is 2.98. The number of nitrogens with two attached hydrogens (primary N) is 1. The Bertz CT molecular complexity index is 508. The minimum atomic E-state index is -0.0635. The van der Waals surface area contributed by atoms with E-state index in [9.17, 15) is 9.59 Å². The Morgan fingerprint density at radius 2 is 1.90 bits per heavy atom. The molecule has 21 heavy (non-hydrogen) atoms. The van der Waals surface area contributed by atoms with Gasteiger partial charge in [0.05, 0.1) is 5.01 Å². The zero-order chi connectivity index (χ0) is 15.4.